The van der Waals surface area contributed by atoms with Gasteiger partial charge in [-0.2, -0.15) is 9.40 Å². The molecule has 0 spiro atoms. The number of rotatable bonds is 8. The zero-order chi connectivity index (χ0) is 27.7. The number of nitrogens with one attached hydrogen (secondary N) is 1. The normalized spacial score (nSPS) is 14.7. The summed E-state index contributed by atoms with van der Waals surface area (Å²) in [5.74, 6) is 0.679. The van der Waals surface area contributed by atoms with Crippen LogP contribution in [-0.2, 0) is 23.5 Å². The molecule has 12 heteroatoms. The van der Waals surface area contributed by atoms with Crippen molar-refractivity contribution in [2.24, 2.45) is 7.05 Å². The third-order valence-corrected chi connectivity index (χ3v) is 8.97. The van der Waals surface area contributed by atoms with E-state index in [1.165, 1.54) is 15.1 Å². The van der Waals surface area contributed by atoms with Crippen molar-refractivity contribution in [3.05, 3.63) is 63.5 Å². The Kier molecular flexibility index (Phi) is 7.66. The number of ether oxygens (including phenoxy) is 1. The lowest BCUT2D eigenvalue weighted by molar-refractivity contribution is 0.341. The molecule has 10 nitrogen and oxygen atoms in total. The number of piperazine rings is 1. The summed E-state index contributed by atoms with van der Waals surface area (Å²) in [4.78, 5) is 22.8. The van der Waals surface area contributed by atoms with Crippen molar-refractivity contribution in [2.75, 3.05) is 37.7 Å². The van der Waals surface area contributed by atoms with Crippen LogP contribution in [0.25, 0.3) is 22.4 Å². The van der Waals surface area contributed by atoms with Gasteiger partial charge < -0.3 is 14.6 Å². The number of hydrogen-bond acceptors (Lipinski definition) is 7. The van der Waals surface area contributed by atoms with Gasteiger partial charge >= 0.3 is 0 Å². The fourth-order valence-corrected chi connectivity index (χ4v) is 6.48. The monoisotopic (exact) mass is 570 g/mol. The highest BCUT2D eigenvalue weighted by Gasteiger charge is 2.30. The Bertz CT molecular complexity index is 1660. The maximum absolute atomic E-state index is 13.7. The van der Waals surface area contributed by atoms with E-state index in [0.717, 1.165) is 17.8 Å². The van der Waals surface area contributed by atoms with Crippen molar-refractivity contribution in [1.82, 2.24) is 24.1 Å². The van der Waals surface area contributed by atoms with Crippen molar-refractivity contribution in [3.63, 3.8) is 0 Å². The van der Waals surface area contributed by atoms with Crippen LogP contribution in [0.5, 0.6) is 5.75 Å². The lowest BCUT2D eigenvalue weighted by Crippen LogP contribution is -2.48. The summed E-state index contributed by atoms with van der Waals surface area (Å²) in [6, 6.07) is 12.2. The van der Waals surface area contributed by atoms with Gasteiger partial charge in [-0.3, -0.25) is 9.48 Å². The quantitative estimate of drug-likeness (QED) is 0.342. The van der Waals surface area contributed by atoms with Crippen LogP contribution in [0.3, 0.4) is 0 Å². The Morgan fingerprint density at radius 1 is 1.05 bits per heavy atom. The molecule has 2 aromatic carbocycles. The zero-order valence-corrected chi connectivity index (χ0v) is 23.7. The number of H-pyrrole nitrogens is 1. The average molecular weight is 571 g/mol. The second kappa shape index (κ2) is 11.0. The minimum absolute atomic E-state index is 0.114. The molecule has 0 bridgehead atoms. The molecule has 1 fully saturated rings. The minimum Gasteiger partial charge on any atom is -0.493 e. The van der Waals surface area contributed by atoms with E-state index in [0.29, 0.717) is 66.6 Å². The van der Waals surface area contributed by atoms with Gasteiger partial charge in [0.25, 0.3) is 5.56 Å². The molecule has 0 amide bonds. The second-order valence-corrected chi connectivity index (χ2v) is 11.8. The molecule has 1 aliphatic heterocycles. The average Bonchev–Trinajstić information content (AvgIpc) is 3.25. The Balaban J connectivity index is 1.49. The predicted octanol–water partition coefficient (Wildman–Crippen LogP) is 3.84. The van der Waals surface area contributed by atoms with Gasteiger partial charge in [-0.25, -0.2) is 13.4 Å². The molecular weight excluding hydrogens is 540 g/mol. The molecule has 5 rings (SSSR count). The molecule has 4 aromatic rings. The number of halogens is 1. The molecule has 0 radical (unpaired) electrons. The fourth-order valence-electron chi connectivity index (χ4n) is 4.90. The van der Waals surface area contributed by atoms with Crippen LogP contribution in [0, 0.1) is 0 Å². The number of benzene rings is 2. The highest BCUT2D eigenvalue weighted by molar-refractivity contribution is 7.89. The molecule has 1 saturated heterocycles. The SMILES string of the molecule is CCCc1nn(C)c2c(=O)[nH]c(-c3cc(S(=O)(=O)N4CCN(c5ccc(Cl)cc5)CC4)ccc3OCC)nc12. The maximum Gasteiger partial charge on any atom is 0.277 e. The first-order valence-electron chi connectivity index (χ1n) is 13.0. The lowest BCUT2D eigenvalue weighted by atomic mass is 10.1. The molecule has 39 heavy (non-hydrogen) atoms. The van der Waals surface area contributed by atoms with Gasteiger partial charge in [-0.15, -0.1) is 0 Å². The van der Waals surface area contributed by atoms with E-state index >= 15 is 0 Å². The van der Waals surface area contributed by atoms with Crippen LogP contribution in [0.1, 0.15) is 26.0 Å². The second-order valence-electron chi connectivity index (χ2n) is 9.39. The van der Waals surface area contributed by atoms with Crippen LogP contribution < -0.4 is 15.2 Å². The van der Waals surface area contributed by atoms with E-state index in [4.69, 9.17) is 21.3 Å². The first-order valence-corrected chi connectivity index (χ1v) is 14.8. The molecule has 3 heterocycles. The summed E-state index contributed by atoms with van der Waals surface area (Å²) in [6.07, 6.45) is 1.51. The van der Waals surface area contributed by atoms with Crippen molar-refractivity contribution >= 4 is 38.3 Å². The summed E-state index contributed by atoms with van der Waals surface area (Å²) < 4.78 is 36.2. The molecular formula is C27H31ClN6O4S. The number of fused-ring (bicyclic) bond motifs is 1. The summed E-state index contributed by atoms with van der Waals surface area (Å²) >= 11 is 6.01. The first-order chi connectivity index (χ1) is 18.7. The summed E-state index contributed by atoms with van der Waals surface area (Å²) in [7, 11) is -2.10. The zero-order valence-electron chi connectivity index (χ0n) is 22.1. The van der Waals surface area contributed by atoms with Crippen LogP contribution >= 0.6 is 11.6 Å². The van der Waals surface area contributed by atoms with Gasteiger partial charge in [0.1, 0.15) is 17.1 Å². The van der Waals surface area contributed by atoms with Crippen molar-refractivity contribution < 1.29 is 13.2 Å². The van der Waals surface area contributed by atoms with Crippen molar-refractivity contribution in [2.45, 2.75) is 31.6 Å². The van der Waals surface area contributed by atoms with E-state index < -0.39 is 10.0 Å². The summed E-state index contributed by atoms with van der Waals surface area (Å²) in [5, 5.41) is 5.13. The smallest absolute Gasteiger partial charge is 0.277 e. The molecule has 2 aromatic heterocycles. The van der Waals surface area contributed by atoms with Gasteiger partial charge in [-0.1, -0.05) is 24.9 Å². The van der Waals surface area contributed by atoms with Crippen LogP contribution in [0.15, 0.2) is 52.2 Å². The van der Waals surface area contributed by atoms with Gasteiger partial charge in [0, 0.05) is 43.9 Å². The summed E-state index contributed by atoms with van der Waals surface area (Å²) in [5.41, 5.74) is 2.67. The van der Waals surface area contributed by atoms with E-state index in [2.05, 4.69) is 15.0 Å². The maximum atomic E-state index is 13.7. The predicted molar refractivity (Wildman–Crippen MR) is 152 cm³/mol. The molecule has 206 valence electrons. The Labute approximate surface area is 232 Å². The number of aryl methyl sites for hydroxylation is 2. The number of aromatic amines is 1. The molecule has 0 atom stereocenters. The Morgan fingerprint density at radius 3 is 2.44 bits per heavy atom. The summed E-state index contributed by atoms with van der Waals surface area (Å²) in [6.45, 7) is 6.02. The van der Waals surface area contributed by atoms with Gasteiger partial charge in [0.15, 0.2) is 5.52 Å². The Hall–Kier alpha value is -3.41. The number of anilines is 1. The Morgan fingerprint density at radius 2 is 1.77 bits per heavy atom. The van der Waals surface area contributed by atoms with Crippen LogP contribution in [-0.4, -0.2) is 65.3 Å². The topological polar surface area (TPSA) is 113 Å². The molecule has 1 N–H and O–H groups in total. The van der Waals surface area contributed by atoms with Gasteiger partial charge in [-0.05, 0) is 55.8 Å². The lowest BCUT2D eigenvalue weighted by Gasteiger charge is -2.35. The number of nitrogens with zero attached hydrogens (tertiary/aromatic N) is 5. The fraction of sp³-hybridized carbons (Fsp3) is 0.370. The van der Waals surface area contributed by atoms with Crippen molar-refractivity contribution in [3.8, 4) is 17.1 Å². The van der Waals surface area contributed by atoms with E-state index in [9.17, 15) is 13.2 Å². The van der Waals surface area contributed by atoms with Crippen molar-refractivity contribution in [1.29, 1.82) is 0 Å². The number of sulfonamides is 1. The number of hydrogen-bond donors (Lipinski definition) is 1. The highest BCUT2D eigenvalue weighted by atomic mass is 35.5. The highest BCUT2D eigenvalue weighted by Crippen LogP contribution is 2.32. The van der Waals surface area contributed by atoms with Gasteiger partial charge in [0.2, 0.25) is 10.0 Å². The molecule has 0 aliphatic carbocycles. The third kappa shape index (κ3) is 5.26. The van der Waals surface area contributed by atoms with Gasteiger partial charge in [0.05, 0.1) is 22.8 Å². The molecule has 0 unspecified atom stereocenters. The molecule has 1 aliphatic rings. The standard InChI is InChI=1S/C27H31ClN6O4S/c1-4-6-22-24-25(32(3)31-22)27(35)30-26(29-24)21-17-20(11-12-23(21)38-5-2)39(36,37)34-15-13-33(14-16-34)19-9-7-18(28)8-10-19/h7-12,17H,4-6,13-16H2,1-3H3,(H,29,30,35). The molecule has 0 saturated carbocycles. The van der Waals surface area contributed by atoms with E-state index in [1.54, 1.807) is 19.2 Å². The first kappa shape index (κ1) is 27.2. The third-order valence-electron chi connectivity index (χ3n) is 6.82. The minimum atomic E-state index is -3.81. The van der Waals surface area contributed by atoms with Crippen LogP contribution in [0.2, 0.25) is 5.02 Å². The largest absolute Gasteiger partial charge is 0.493 e. The van der Waals surface area contributed by atoms with E-state index in [1.807, 2.05) is 38.1 Å². The van der Waals surface area contributed by atoms with Crippen LogP contribution in [0.4, 0.5) is 5.69 Å². The number of aromatic nitrogens is 4. The van der Waals surface area contributed by atoms with E-state index in [-0.39, 0.29) is 16.3 Å².